The Hall–Kier alpha value is -0.850. The fourth-order valence-electron chi connectivity index (χ4n) is 2.89. The second-order valence-electron chi connectivity index (χ2n) is 5.38. The highest BCUT2D eigenvalue weighted by Crippen LogP contribution is 2.27. The largest absolute Gasteiger partial charge is 0.207 e. The predicted octanol–water partition coefficient (Wildman–Crippen LogP) is 5.12. The molecule has 0 amide bonds. The summed E-state index contributed by atoms with van der Waals surface area (Å²) >= 11 is 0. The molecule has 1 aliphatic carbocycles. The topological polar surface area (TPSA) is 0 Å². The van der Waals surface area contributed by atoms with Crippen molar-refractivity contribution in [2.45, 2.75) is 57.8 Å². The van der Waals surface area contributed by atoms with E-state index in [-0.39, 0.29) is 5.82 Å². The second-order valence-corrected chi connectivity index (χ2v) is 5.38. The van der Waals surface area contributed by atoms with E-state index in [4.69, 9.17) is 0 Å². The lowest BCUT2D eigenvalue weighted by atomic mass is 9.85. The van der Waals surface area contributed by atoms with Gasteiger partial charge in [-0.05, 0) is 36.5 Å². The van der Waals surface area contributed by atoms with Crippen molar-refractivity contribution in [2.75, 3.05) is 0 Å². The van der Waals surface area contributed by atoms with Crippen molar-refractivity contribution in [3.63, 3.8) is 0 Å². The third-order valence-corrected chi connectivity index (χ3v) is 3.97. The molecule has 0 heterocycles. The zero-order chi connectivity index (χ0) is 11.9. The number of hydrogen-bond acceptors (Lipinski definition) is 0. The normalized spacial score (nSPS) is 17.2. The molecule has 0 saturated heterocycles. The molecule has 17 heavy (non-hydrogen) atoms. The number of hydrogen-bond donors (Lipinski definition) is 0. The fraction of sp³-hybridized carbons (Fsp3) is 0.625. The van der Waals surface area contributed by atoms with Gasteiger partial charge in [0.25, 0.3) is 0 Å². The summed E-state index contributed by atoms with van der Waals surface area (Å²) in [6.45, 7) is 0. The molecule has 0 atom stereocenters. The molecule has 0 bridgehead atoms. The summed E-state index contributed by atoms with van der Waals surface area (Å²) in [6, 6.07) is 6.96. The monoisotopic (exact) mass is 234 g/mol. The molecule has 0 aromatic heterocycles. The van der Waals surface area contributed by atoms with Gasteiger partial charge in [-0.25, -0.2) is 4.39 Å². The van der Waals surface area contributed by atoms with Crippen molar-refractivity contribution in [1.29, 1.82) is 0 Å². The predicted molar refractivity (Wildman–Crippen MR) is 70.5 cm³/mol. The molecule has 0 nitrogen and oxygen atoms in total. The lowest BCUT2D eigenvalue weighted by Crippen LogP contribution is -2.05. The maximum absolute atomic E-state index is 12.7. The standard InChI is InChI=1S/C16H23F/c17-16-12-10-15(11-13-16)9-5-4-8-14-6-2-1-3-7-14/h10-14H,1-9H2. The molecule has 0 spiro atoms. The molecule has 0 aliphatic heterocycles. The molecule has 1 aromatic carbocycles. The Kier molecular flexibility index (Phi) is 5.03. The van der Waals surface area contributed by atoms with Gasteiger partial charge in [0.05, 0.1) is 0 Å². The van der Waals surface area contributed by atoms with Gasteiger partial charge in [-0.2, -0.15) is 0 Å². The van der Waals surface area contributed by atoms with Crippen LogP contribution in [-0.2, 0) is 6.42 Å². The third kappa shape index (κ3) is 4.49. The number of rotatable bonds is 5. The van der Waals surface area contributed by atoms with Gasteiger partial charge in [0.2, 0.25) is 0 Å². The quantitative estimate of drug-likeness (QED) is 0.620. The smallest absolute Gasteiger partial charge is 0.123 e. The van der Waals surface area contributed by atoms with Gasteiger partial charge in [0.15, 0.2) is 0 Å². The fourth-order valence-corrected chi connectivity index (χ4v) is 2.89. The Balaban J connectivity index is 1.60. The van der Waals surface area contributed by atoms with E-state index in [1.165, 1.54) is 56.9 Å². The van der Waals surface area contributed by atoms with E-state index < -0.39 is 0 Å². The number of aryl methyl sites for hydroxylation is 1. The number of unbranched alkanes of at least 4 members (excludes halogenated alkanes) is 1. The summed E-state index contributed by atoms with van der Waals surface area (Å²) in [5, 5.41) is 0. The Morgan fingerprint density at radius 2 is 1.65 bits per heavy atom. The van der Waals surface area contributed by atoms with Crippen LogP contribution in [0.4, 0.5) is 4.39 Å². The first kappa shape index (κ1) is 12.6. The molecular weight excluding hydrogens is 211 g/mol. The van der Waals surface area contributed by atoms with E-state index in [9.17, 15) is 4.39 Å². The van der Waals surface area contributed by atoms with Crippen LogP contribution < -0.4 is 0 Å². The van der Waals surface area contributed by atoms with Crippen LogP contribution in [0.3, 0.4) is 0 Å². The molecule has 1 fully saturated rings. The molecule has 2 rings (SSSR count). The van der Waals surface area contributed by atoms with Crippen molar-refractivity contribution < 1.29 is 4.39 Å². The van der Waals surface area contributed by atoms with E-state index in [0.29, 0.717) is 0 Å². The summed E-state index contributed by atoms with van der Waals surface area (Å²) in [7, 11) is 0. The Bertz CT molecular complexity index is 309. The molecule has 1 aliphatic rings. The molecule has 1 heteroatoms. The van der Waals surface area contributed by atoms with E-state index in [2.05, 4.69) is 0 Å². The van der Waals surface area contributed by atoms with Crippen molar-refractivity contribution in [3.05, 3.63) is 35.6 Å². The maximum Gasteiger partial charge on any atom is 0.123 e. The highest BCUT2D eigenvalue weighted by molar-refractivity contribution is 5.15. The van der Waals surface area contributed by atoms with Crippen LogP contribution >= 0.6 is 0 Å². The Morgan fingerprint density at radius 1 is 0.941 bits per heavy atom. The summed E-state index contributed by atoms with van der Waals surface area (Å²) in [5.74, 6) is 0.868. The summed E-state index contributed by atoms with van der Waals surface area (Å²) in [5.41, 5.74) is 1.27. The van der Waals surface area contributed by atoms with Gasteiger partial charge in [-0.1, -0.05) is 57.1 Å². The van der Waals surface area contributed by atoms with Crippen LogP contribution in [0.1, 0.15) is 56.9 Å². The zero-order valence-corrected chi connectivity index (χ0v) is 10.6. The summed E-state index contributed by atoms with van der Waals surface area (Å²) < 4.78 is 12.7. The highest BCUT2D eigenvalue weighted by atomic mass is 19.1. The summed E-state index contributed by atoms with van der Waals surface area (Å²) in [4.78, 5) is 0. The van der Waals surface area contributed by atoms with Gasteiger partial charge >= 0.3 is 0 Å². The minimum absolute atomic E-state index is 0.129. The molecule has 94 valence electrons. The first-order chi connectivity index (χ1) is 8.34. The van der Waals surface area contributed by atoms with Gasteiger partial charge in [0, 0.05) is 0 Å². The van der Waals surface area contributed by atoms with Gasteiger partial charge in [0.1, 0.15) is 5.82 Å². The highest BCUT2D eigenvalue weighted by Gasteiger charge is 2.12. The molecule has 0 N–H and O–H groups in total. The van der Waals surface area contributed by atoms with Crippen LogP contribution in [0, 0.1) is 11.7 Å². The Labute approximate surface area is 104 Å². The average molecular weight is 234 g/mol. The van der Waals surface area contributed by atoms with E-state index in [1.54, 1.807) is 12.1 Å². The minimum Gasteiger partial charge on any atom is -0.207 e. The van der Waals surface area contributed by atoms with Gasteiger partial charge in [-0.15, -0.1) is 0 Å². The van der Waals surface area contributed by atoms with E-state index in [0.717, 1.165) is 12.3 Å². The van der Waals surface area contributed by atoms with Crippen LogP contribution in [0.15, 0.2) is 24.3 Å². The molecule has 0 radical (unpaired) electrons. The van der Waals surface area contributed by atoms with Crippen molar-refractivity contribution in [1.82, 2.24) is 0 Å². The summed E-state index contributed by atoms with van der Waals surface area (Å²) in [6.07, 6.45) is 12.4. The van der Waals surface area contributed by atoms with E-state index >= 15 is 0 Å². The van der Waals surface area contributed by atoms with Crippen LogP contribution in [-0.4, -0.2) is 0 Å². The van der Waals surface area contributed by atoms with Gasteiger partial charge in [-0.3, -0.25) is 0 Å². The lowest BCUT2D eigenvalue weighted by molar-refractivity contribution is 0.330. The van der Waals surface area contributed by atoms with Crippen LogP contribution in [0.25, 0.3) is 0 Å². The van der Waals surface area contributed by atoms with Crippen molar-refractivity contribution >= 4 is 0 Å². The third-order valence-electron chi connectivity index (χ3n) is 3.97. The SMILES string of the molecule is Fc1ccc(CCCCC2CCCCC2)cc1. The molecule has 0 unspecified atom stereocenters. The van der Waals surface area contributed by atoms with Crippen molar-refractivity contribution in [2.24, 2.45) is 5.92 Å². The average Bonchev–Trinajstić information content (AvgIpc) is 2.38. The van der Waals surface area contributed by atoms with Gasteiger partial charge < -0.3 is 0 Å². The number of halogens is 1. The minimum atomic E-state index is -0.129. The molecule has 1 aromatic rings. The second kappa shape index (κ2) is 6.78. The molecule has 1 saturated carbocycles. The number of benzene rings is 1. The Morgan fingerprint density at radius 3 is 2.35 bits per heavy atom. The lowest BCUT2D eigenvalue weighted by Gasteiger charge is -2.21. The van der Waals surface area contributed by atoms with Crippen molar-refractivity contribution in [3.8, 4) is 0 Å². The first-order valence-electron chi connectivity index (χ1n) is 7.09. The maximum atomic E-state index is 12.7. The first-order valence-corrected chi connectivity index (χ1v) is 7.09. The van der Waals surface area contributed by atoms with Crippen LogP contribution in [0.5, 0.6) is 0 Å². The zero-order valence-electron chi connectivity index (χ0n) is 10.6. The van der Waals surface area contributed by atoms with Crippen LogP contribution in [0.2, 0.25) is 0 Å². The molecular formula is C16H23F. The van der Waals surface area contributed by atoms with E-state index in [1.807, 2.05) is 12.1 Å².